The largest absolute Gasteiger partial charge is 0.367 e. The molecule has 0 N–H and O–H groups in total. The molecule has 3 aromatic rings. The number of anilines is 1. The van der Waals surface area contributed by atoms with Gasteiger partial charge in [-0.05, 0) is 54.7 Å². The minimum Gasteiger partial charge on any atom is -0.367 e. The first-order valence-corrected chi connectivity index (χ1v) is 9.96. The first kappa shape index (κ1) is 18.2. The van der Waals surface area contributed by atoms with Gasteiger partial charge >= 0.3 is 0 Å². The van der Waals surface area contributed by atoms with Crippen LogP contribution in [0, 0.1) is 0 Å². The van der Waals surface area contributed by atoms with Crippen molar-refractivity contribution in [1.82, 2.24) is 0 Å². The highest BCUT2D eigenvalue weighted by Gasteiger charge is 2.21. The van der Waals surface area contributed by atoms with Crippen LogP contribution in [-0.2, 0) is 13.0 Å². The summed E-state index contributed by atoms with van der Waals surface area (Å²) in [6.45, 7) is 4.02. The maximum absolute atomic E-state index is 12.8. The monoisotopic (exact) mass is 367 g/mol. The minimum absolute atomic E-state index is 0.171. The number of benzene rings is 3. The summed E-state index contributed by atoms with van der Waals surface area (Å²) in [4.78, 5) is 15.1. The lowest BCUT2D eigenvalue weighted by Gasteiger charge is -2.23. The predicted octanol–water partition coefficient (Wildman–Crippen LogP) is 5.93. The molecule has 28 heavy (non-hydrogen) atoms. The molecular weight excluding hydrogens is 342 g/mol. The first-order chi connectivity index (χ1) is 13.7. The third kappa shape index (κ3) is 3.91. The number of fused-ring (bicyclic) bond motifs is 1. The van der Waals surface area contributed by atoms with Crippen LogP contribution >= 0.6 is 0 Å². The van der Waals surface area contributed by atoms with Crippen LogP contribution in [0.5, 0.6) is 0 Å². The summed E-state index contributed by atoms with van der Waals surface area (Å²) >= 11 is 0. The molecule has 0 bridgehead atoms. The number of ketones is 1. The van der Waals surface area contributed by atoms with E-state index in [1.54, 1.807) is 0 Å². The van der Waals surface area contributed by atoms with Gasteiger partial charge in [-0.1, -0.05) is 66.7 Å². The van der Waals surface area contributed by atoms with E-state index in [9.17, 15) is 4.79 Å². The van der Waals surface area contributed by atoms with Crippen LogP contribution in [0.25, 0.3) is 6.08 Å². The lowest BCUT2D eigenvalue weighted by atomic mass is 9.86. The van der Waals surface area contributed by atoms with Crippen LogP contribution in [0.2, 0.25) is 0 Å². The lowest BCUT2D eigenvalue weighted by Crippen LogP contribution is -2.21. The lowest BCUT2D eigenvalue weighted by molar-refractivity contribution is 0.102. The second-order valence-corrected chi connectivity index (χ2v) is 7.25. The number of carbonyl (C=O) groups excluding carboxylic acids is 1. The average Bonchev–Trinajstić information content (AvgIpc) is 2.75. The van der Waals surface area contributed by atoms with Crippen molar-refractivity contribution in [3.8, 4) is 0 Å². The van der Waals surface area contributed by atoms with Gasteiger partial charge in [0.25, 0.3) is 0 Å². The Morgan fingerprint density at radius 3 is 2.32 bits per heavy atom. The van der Waals surface area contributed by atoms with Crippen molar-refractivity contribution < 1.29 is 4.79 Å². The molecule has 0 fully saturated rings. The summed E-state index contributed by atoms with van der Waals surface area (Å²) in [5, 5.41) is 0. The zero-order valence-electron chi connectivity index (χ0n) is 16.3. The molecule has 0 spiro atoms. The van der Waals surface area contributed by atoms with Gasteiger partial charge in [0.05, 0.1) is 0 Å². The van der Waals surface area contributed by atoms with Crippen molar-refractivity contribution in [2.45, 2.75) is 26.3 Å². The van der Waals surface area contributed by atoms with E-state index in [4.69, 9.17) is 0 Å². The van der Waals surface area contributed by atoms with Gasteiger partial charge in [0.1, 0.15) is 0 Å². The maximum Gasteiger partial charge on any atom is 0.189 e. The number of carbonyl (C=O) groups is 1. The molecule has 0 radical (unpaired) electrons. The Hall–Kier alpha value is -3.13. The molecule has 140 valence electrons. The highest BCUT2D eigenvalue weighted by molar-refractivity contribution is 6.13. The van der Waals surface area contributed by atoms with Gasteiger partial charge in [0.2, 0.25) is 0 Å². The molecule has 2 nitrogen and oxygen atoms in total. The number of nitrogens with zero attached hydrogens (tertiary/aromatic N) is 1. The molecule has 1 aliphatic rings. The van der Waals surface area contributed by atoms with Gasteiger partial charge in [-0.3, -0.25) is 4.79 Å². The maximum atomic E-state index is 12.8. The van der Waals surface area contributed by atoms with Crippen LogP contribution in [0.1, 0.15) is 40.4 Å². The molecule has 0 aromatic heterocycles. The van der Waals surface area contributed by atoms with Crippen LogP contribution in [0.4, 0.5) is 5.69 Å². The SMILES string of the molecule is CCN(Cc1ccccc1)c1ccc(/C=C2\CCc3ccccc3C2=O)cc1. The molecule has 0 unspecified atom stereocenters. The van der Waals surface area contributed by atoms with Gasteiger partial charge in [-0.2, -0.15) is 0 Å². The van der Waals surface area contributed by atoms with E-state index in [-0.39, 0.29) is 5.78 Å². The zero-order chi connectivity index (χ0) is 19.3. The third-order valence-electron chi connectivity index (χ3n) is 5.41. The average molecular weight is 367 g/mol. The number of allylic oxidation sites excluding steroid dienone is 1. The highest BCUT2D eigenvalue weighted by atomic mass is 16.1. The van der Waals surface area contributed by atoms with E-state index in [0.29, 0.717) is 0 Å². The van der Waals surface area contributed by atoms with Crippen molar-refractivity contribution in [2.24, 2.45) is 0 Å². The quantitative estimate of drug-likeness (QED) is 0.521. The third-order valence-corrected chi connectivity index (χ3v) is 5.41. The Labute approximate surface area is 167 Å². The molecule has 0 saturated carbocycles. The van der Waals surface area contributed by atoms with Gasteiger partial charge < -0.3 is 4.90 Å². The van der Waals surface area contributed by atoms with Crippen LogP contribution < -0.4 is 4.90 Å². The summed E-state index contributed by atoms with van der Waals surface area (Å²) in [6.07, 6.45) is 3.80. The Balaban J connectivity index is 1.52. The van der Waals surface area contributed by atoms with E-state index in [1.807, 2.05) is 24.3 Å². The molecule has 4 rings (SSSR count). The molecule has 0 saturated heterocycles. The van der Waals surface area contributed by atoms with Crippen LogP contribution in [0.15, 0.2) is 84.4 Å². The molecular formula is C26H25NO. The second kappa shape index (κ2) is 8.26. The fraction of sp³-hybridized carbons (Fsp3) is 0.192. The van der Waals surface area contributed by atoms with Crippen LogP contribution in [-0.4, -0.2) is 12.3 Å². The van der Waals surface area contributed by atoms with E-state index in [0.717, 1.165) is 42.6 Å². The topological polar surface area (TPSA) is 20.3 Å². The summed E-state index contributed by atoms with van der Waals surface area (Å²) in [6, 6.07) is 27.0. The molecule has 0 heterocycles. The predicted molar refractivity (Wildman–Crippen MR) is 117 cm³/mol. The van der Waals surface area contributed by atoms with Gasteiger partial charge in [-0.25, -0.2) is 0 Å². The number of Topliss-reactive ketones (excluding diaryl/α,β-unsaturated/α-hetero) is 1. The zero-order valence-corrected chi connectivity index (χ0v) is 16.3. The van der Waals surface area contributed by atoms with Gasteiger partial charge in [0.15, 0.2) is 5.78 Å². The molecule has 0 aliphatic heterocycles. The van der Waals surface area contributed by atoms with E-state index < -0.39 is 0 Å². The van der Waals surface area contributed by atoms with Crippen molar-refractivity contribution >= 4 is 17.5 Å². The van der Waals surface area contributed by atoms with Gasteiger partial charge in [0, 0.05) is 29.9 Å². The number of hydrogen-bond donors (Lipinski definition) is 0. The Morgan fingerprint density at radius 2 is 1.57 bits per heavy atom. The van der Waals surface area contributed by atoms with E-state index >= 15 is 0 Å². The highest BCUT2D eigenvalue weighted by Crippen LogP contribution is 2.27. The van der Waals surface area contributed by atoms with E-state index in [1.165, 1.54) is 16.8 Å². The second-order valence-electron chi connectivity index (χ2n) is 7.25. The standard InChI is InChI=1S/C26H25NO/c1-2-27(19-21-8-4-3-5-9-21)24-16-12-20(13-17-24)18-23-15-14-22-10-6-7-11-25(22)26(23)28/h3-13,16-18H,2,14-15,19H2,1H3/b23-18+. The minimum atomic E-state index is 0.171. The fourth-order valence-corrected chi connectivity index (χ4v) is 3.83. The fourth-order valence-electron chi connectivity index (χ4n) is 3.83. The van der Waals surface area contributed by atoms with Gasteiger partial charge in [-0.15, -0.1) is 0 Å². The molecule has 1 aliphatic carbocycles. The van der Waals surface area contributed by atoms with Crippen molar-refractivity contribution in [2.75, 3.05) is 11.4 Å². The number of hydrogen-bond acceptors (Lipinski definition) is 2. The Morgan fingerprint density at radius 1 is 0.857 bits per heavy atom. The van der Waals surface area contributed by atoms with Crippen molar-refractivity contribution in [1.29, 1.82) is 0 Å². The summed E-state index contributed by atoms with van der Waals surface area (Å²) in [5.74, 6) is 0.171. The van der Waals surface area contributed by atoms with Crippen LogP contribution in [0.3, 0.4) is 0 Å². The molecule has 3 aromatic carbocycles. The van der Waals surface area contributed by atoms with Crippen molar-refractivity contribution in [3.05, 3.63) is 107 Å². The summed E-state index contributed by atoms with van der Waals surface area (Å²) in [7, 11) is 0. The summed E-state index contributed by atoms with van der Waals surface area (Å²) < 4.78 is 0. The Kier molecular flexibility index (Phi) is 5.38. The van der Waals surface area contributed by atoms with Crippen molar-refractivity contribution in [3.63, 3.8) is 0 Å². The molecule has 0 atom stereocenters. The first-order valence-electron chi connectivity index (χ1n) is 9.96. The normalized spacial score (nSPS) is 14.8. The number of aryl methyl sites for hydroxylation is 1. The smallest absolute Gasteiger partial charge is 0.189 e. The summed E-state index contributed by atoms with van der Waals surface area (Å²) in [5.41, 5.74) is 6.53. The molecule has 0 amide bonds. The number of rotatable bonds is 5. The Bertz CT molecular complexity index is 986. The van der Waals surface area contributed by atoms with E-state index in [2.05, 4.69) is 72.5 Å². The molecule has 2 heteroatoms.